The van der Waals surface area contributed by atoms with Gasteiger partial charge in [-0.3, -0.25) is 4.79 Å². The van der Waals surface area contributed by atoms with E-state index in [1.165, 1.54) is 0 Å². The standard InChI is InChI=1S/C13H10F4O2/c1-2-19-11(18)8-4-6-9-5-3-7-10(12(9)14)13(15,16)17/h3,5,7H,2,8H2,1H3. The van der Waals surface area contributed by atoms with Crippen LogP contribution in [0.3, 0.4) is 0 Å². The zero-order valence-corrected chi connectivity index (χ0v) is 9.97. The summed E-state index contributed by atoms with van der Waals surface area (Å²) < 4.78 is 55.3. The van der Waals surface area contributed by atoms with Crippen LogP contribution in [0.25, 0.3) is 0 Å². The van der Waals surface area contributed by atoms with Gasteiger partial charge in [0, 0.05) is 0 Å². The largest absolute Gasteiger partial charge is 0.465 e. The Labute approximate surface area is 107 Å². The predicted octanol–water partition coefficient (Wildman–Crippen LogP) is 3.15. The van der Waals surface area contributed by atoms with Crippen molar-refractivity contribution >= 4 is 5.97 Å². The van der Waals surface area contributed by atoms with Crippen molar-refractivity contribution < 1.29 is 27.1 Å². The Morgan fingerprint density at radius 3 is 2.63 bits per heavy atom. The molecule has 102 valence electrons. The first-order chi connectivity index (χ1) is 8.86. The van der Waals surface area contributed by atoms with Crippen molar-refractivity contribution in [1.29, 1.82) is 0 Å². The fourth-order valence-electron chi connectivity index (χ4n) is 1.27. The van der Waals surface area contributed by atoms with E-state index in [1.807, 2.05) is 0 Å². The van der Waals surface area contributed by atoms with Gasteiger partial charge in [0.25, 0.3) is 0 Å². The highest BCUT2D eigenvalue weighted by atomic mass is 19.4. The second kappa shape index (κ2) is 6.23. The van der Waals surface area contributed by atoms with Crippen LogP contribution < -0.4 is 0 Å². The molecular weight excluding hydrogens is 264 g/mol. The topological polar surface area (TPSA) is 26.3 Å². The highest BCUT2D eigenvalue weighted by molar-refractivity contribution is 5.72. The maximum Gasteiger partial charge on any atom is 0.419 e. The minimum Gasteiger partial charge on any atom is -0.465 e. The third-order valence-corrected chi connectivity index (χ3v) is 2.07. The lowest BCUT2D eigenvalue weighted by molar-refractivity contribution is -0.142. The van der Waals surface area contributed by atoms with Gasteiger partial charge in [0.2, 0.25) is 0 Å². The fraction of sp³-hybridized carbons (Fsp3) is 0.308. The molecule has 0 spiro atoms. The number of benzene rings is 1. The van der Waals surface area contributed by atoms with Gasteiger partial charge in [0.05, 0.1) is 17.7 Å². The summed E-state index contributed by atoms with van der Waals surface area (Å²) in [6, 6.07) is 2.80. The van der Waals surface area contributed by atoms with E-state index in [1.54, 1.807) is 6.92 Å². The van der Waals surface area contributed by atoms with Crippen LogP contribution in [-0.4, -0.2) is 12.6 Å². The molecule has 0 aliphatic heterocycles. The number of carbonyl (C=O) groups excluding carboxylic acids is 1. The highest BCUT2D eigenvalue weighted by Crippen LogP contribution is 2.32. The van der Waals surface area contributed by atoms with Gasteiger partial charge in [-0.15, -0.1) is 0 Å². The molecule has 0 bridgehead atoms. The summed E-state index contributed by atoms with van der Waals surface area (Å²) in [5, 5.41) is 0. The number of ether oxygens (including phenoxy) is 1. The Balaban J connectivity index is 2.92. The summed E-state index contributed by atoms with van der Waals surface area (Å²) in [5.74, 6) is 2.42. The number of hydrogen-bond acceptors (Lipinski definition) is 2. The SMILES string of the molecule is CCOC(=O)CC#Cc1cccc(C(F)(F)F)c1F. The van der Waals surface area contributed by atoms with Gasteiger partial charge < -0.3 is 4.74 Å². The molecule has 1 rings (SSSR count). The lowest BCUT2D eigenvalue weighted by atomic mass is 10.1. The number of rotatable bonds is 2. The predicted molar refractivity (Wildman–Crippen MR) is 59.5 cm³/mol. The van der Waals surface area contributed by atoms with Crippen LogP contribution >= 0.6 is 0 Å². The Hall–Kier alpha value is -2.03. The lowest BCUT2D eigenvalue weighted by Crippen LogP contribution is -2.09. The summed E-state index contributed by atoms with van der Waals surface area (Å²) in [6.07, 6.45) is -5.08. The molecule has 0 aromatic heterocycles. The molecule has 19 heavy (non-hydrogen) atoms. The first-order valence-electron chi connectivity index (χ1n) is 5.36. The minimum atomic E-state index is -4.77. The Morgan fingerprint density at radius 2 is 2.05 bits per heavy atom. The lowest BCUT2D eigenvalue weighted by Gasteiger charge is -2.08. The van der Waals surface area contributed by atoms with Crippen LogP contribution in [0.2, 0.25) is 0 Å². The van der Waals surface area contributed by atoms with Crippen molar-refractivity contribution in [2.24, 2.45) is 0 Å². The van der Waals surface area contributed by atoms with E-state index in [0.29, 0.717) is 6.07 Å². The summed E-state index contributed by atoms with van der Waals surface area (Å²) >= 11 is 0. The summed E-state index contributed by atoms with van der Waals surface area (Å²) in [5.41, 5.74) is -1.78. The van der Waals surface area contributed by atoms with Crippen molar-refractivity contribution in [2.45, 2.75) is 19.5 Å². The number of halogens is 4. The van der Waals surface area contributed by atoms with E-state index < -0.39 is 29.1 Å². The number of carbonyl (C=O) groups is 1. The molecule has 0 N–H and O–H groups in total. The molecule has 0 saturated carbocycles. The second-order valence-corrected chi connectivity index (χ2v) is 3.45. The van der Waals surface area contributed by atoms with Gasteiger partial charge in [-0.05, 0) is 19.1 Å². The first-order valence-corrected chi connectivity index (χ1v) is 5.36. The fourth-order valence-corrected chi connectivity index (χ4v) is 1.27. The van der Waals surface area contributed by atoms with Crippen LogP contribution in [0.4, 0.5) is 17.6 Å². The van der Waals surface area contributed by atoms with Crippen LogP contribution in [-0.2, 0) is 15.7 Å². The van der Waals surface area contributed by atoms with E-state index in [0.717, 1.165) is 12.1 Å². The second-order valence-electron chi connectivity index (χ2n) is 3.45. The van der Waals surface area contributed by atoms with Crippen molar-refractivity contribution in [3.05, 3.63) is 35.1 Å². The molecule has 0 radical (unpaired) electrons. The first kappa shape index (κ1) is 15.0. The molecular formula is C13H10F4O2. The molecule has 0 aliphatic carbocycles. The summed E-state index contributed by atoms with van der Waals surface area (Å²) in [6.45, 7) is 1.79. The van der Waals surface area contributed by atoms with Crippen molar-refractivity contribution in [1.82, 2.24) is 0 Å². The monoisotopic (exact) mass is 274 g/mol. The van der Waals surface area contributed by atoms with Gasteiger partial charge in [-0.25, -0.2) is 4.39 Å². The van der Waals surface area contributed by atoms with Crippen molar-refractivity contribution in [3.8, 4) is 11.8 Å². The molecule has 2 nitrogen and oxygen atoms in total. The Bertz CT molecular complexity index is 524. The number of alkyl halides is 3. The van der Waals surface area contributed by atoms with Crippen LogP contribution in [0, 0.1) is 17.7 Å². The molecule has 0 fully saturated rings. The molecule has 0 aliphatic rings. The van der Waals surface area contributed by atoms with Crippen LogP contribution in [0.15, 0.2) is 18.2 Å². The third-order valence-electron chi connectivity index (χ3n) is 2.07. The quantitative estimate of drug-likeness (QED) is 0.470. The summed E-state index contributed by atoms with van der Waals surface area (Å²) in [7, 11) is 0. The van der Waals surface area contributed by atoms with Gasteiger partial charge >= 0.3 is 12.1 Å². The number of esters is 1. The van der Waals surface area contributed by atoms with Crippen molar-refractivity contribution in [3.63, 3.8) is 0 Å². The van der Waals surface area contributed by atoms with Crippen LogP contribution in [0.5, 0.6) is 0 Å². The molecule has 1 aromatic rings. The van der Waals surface area contributed by atoms with E-state index in [2.05, 4.69) is 16.6 Å². The van der Waals surface area contributed by atoms with E-state index >= 15 is 0 Å². The smallest absolute Gasteiger partial charge is 0.419 e. The van der Waals surface area contributed by atoms with E-state index in [9.17, 15) is 22.4 Å². The molecule has 0 heterocycles. The minimum absolute atomic E-state index is 0.179. The average molecular weight is 274 g/mol. The summed E-state index contributed by atoms with van der Waals surface area (Å²) in [4.78, 5) is 10.9. The van der Waals surface area contributed by atoms with Gasteiger partial charge in [0.15, 0.2) is 5.82 Å². The molecule has 0 amide bonds. The third kappa shape index (κ3) is 4.28. The highest BCUT2D eigenvalue weighted by Gasteiger charge is 2.34. The number of hydrogen-bond donors (Lipinski definition) is 0. The Morgan fingerprint density at radius 1 is 1.37 bits per heavy atom. The Kier molecular flexibility index (Phi) is 4.93. The van der Waals surface area contributed by atoms with Gasteiger partial charge in [0.1, 0.15) is 6.42 Å². The van der Waals surface area contributed by atoms with Gasteiger partial charge in [-0.1, -0.05) is 17.9 Å². The zero-order valence-electron chi connectivity index (χ0n) is 9.97. The zero-order chi connectivity index (χ0) is 14.5. The normalized spacial score (nSPS) is 10.6. The molecule has 0 unspecified atom stereocenters. The molecule has 6 heteroatoms. The maximum absolute atomic E-state index is 13.5. The molecule has 0 atom stereocenters. The maximum atomic E-state index is 13.5. The van der Waals surface area contributed by atoms with E-state index in [-0.39, 0.29) is 13.0 Å². The molecule has 0 saturated heterocycles. The van der Waals surface area contributed by atoms with Crippen LogP contribution in [0.1, 0.15) is 24.5 Å². The van der Waals surface area contributed by atoms with Crippen molar-refractivity contribution in [2.75, 3.05) is 6.61 Å². The van der Waals surface area contributed by atoms with Gasteiger partial charge in [-0.2, -0.15) is 13.2 Å². The van der Waals surface area contributed by atoms with E-state index in [4.69, 9.17) is 0 Å². The average Bonchev–Trinajstić information content (AvgIpc) is 2.30. The molecule has 1 aromatic carbocycles.